The molecule has 0 heterocycles. The Labute approximate surface area is 84.9 Å². The molecule has 1 rings (SSSR count). The van der Waals surface area contributed by atoms with Gasteiger partial charge in [0.15, 0.2) is 0 Å². The molecule has 0 unspecified atom stereocenters. The summed E-state index contributed by atoms with van der Waals surface area (Å²) in [4.78, 5) is 0. The van der Waals surface area contributed by atoms with Crippen LogP contribution in [0.25, 0.3) is 0 Å². The minimum Gasteiger partial charge on any atom is -0.414 e. The van der Waals surface area contributed by atoms with Crippen molar-refractivity contribution in [2.24, 2.45) is 0 Å². The maximum atomic E-state index is 8.33. The van der Waals surface area contributed by atoms with Gasteiger partial charge in [-0.2, -0.15) is 0 Å². The average molecular weight is 206 g/mol. The van der Waals surface area contributed by atoms with Gasteiger partial charge in [0.2, 0.25) is 0 Å². The van der Waals surface area contributed by atoms with Gasteiger partial charge in [0.05, 0.1) is 0 Å². The van der Waals surface area contributed by atoms with Gasteiger partial charge in [-0.1, -0.05) is 11.3 Å². The third-order valence-corrected chi connectivity index (χ3v) is 0.946. The summed E-state index contributed by atoms with van der Waals surface area (Å²) in [7, 11) is 0. The smallest absolute Gasteiger partial charge is 0.414 e. The van der Waals surface area contributed by atoms with Gasteiger partial charge in [-0.15, -0.1) is 24.3 Å². The van der Waals surface area contributed by atoms with Gasteiger partial charge in [0.1, 0.15) is 0 Å². The number of nitrogens with zero attached hydrogens (tertiary/aromatic N) is 1. The van der Waals surface area contributed by atoms with Crippen molar-refractivity contribution in [1.29, 1.82) is 5.26 Å². The monoisotopic (exact) mass is 206 g/mol. The van der Waals surface area contributed by atoms with Crippen LogP contribution < -0.4 is 5.73 Å². The molecular weight excluding hydrogens is 201 g/mol. The number of nitrogens with two attached hydrogens (primary N) is 1. The molecule has 0 atom stereocenters. The number of benzene rings is 1. The van der Waals surface area contributed by atoms with E-state index in [1.165, 1.54) is 0 Å². The molecular formula is C7H5N2Y+2. The van der Waals surface area contributed by atoms with Gasteiger partial charge >= 0.3 is 32.7 Å². The second-order valence-corrected chi connectivity index (χ2v) is 1.65. The molecule has 0 bridgehead atoms. The van der Waals surface area contributed by atoms with Gasteiger partial charge in [-0.3, -0.25) is 5.26 Å². The van der Waals surface area contributed by atoms with E-state index in [2.05, 4.69) is 6.07 Å². The molecule has 10 heavy (non-hydrogen) atoms. The third-order valence-electron chi connectivity index (χ3n) is 0.946. The van der Waals surface area contributed by atoms with Crippen LogP contribution in [-0.2, 0) is 32.7 Å². The molecule has 0 amide bonds. The fourth-order valence-corrected chi connectivity index (χ4v) is 0.549. The summed E-state index contributed by atoms with van der Waals surface area (Å²) in [6, 6.07) is 9.56. The van der Waals surface area contributed by atoms with Crippen LogP contribution >= 0.6 is 0 Å². The normalized spacial score (nSPS) is 7.50. The molecule has 0 aromatic heterocycles. The van der Waals surface area contributed by atoms with E-state index in [0.29, 0.717) is 11.3 Å². The van der Waals surface area contributed by atoms with Crippen LogP contribution in [0.4, 0.5) is 5.69 Å². The second-order valence-electron chi connectivity index (χ2n) is 1.65. The molecule has 0 saturated carbocycles. The summed E-state index contributed by atoms with van der Waals surface area (Å²) in [5.41, 5.74) is 6.45. The topological polar surface area (TPSA) is 49.8 Å². The second kappa shape index (κ2) is 4.43. The Morgan fingerprint density at radius 2 is 2.30 bits per heavy atom. The van der Waals surface area contributed by atoms with Crippen molar-refractivity contribution in [2.45, 2.75) is 0 Å². The van der Waals surface area contributed by atoms with Crippen LogP contribution in [0.15, 0.2) is 18.2 Å². The number of anilines is 1. The molecule has 0 radical (unpaired) electrons. The van der Waals surface area contributed by atoms with Crippen LogP contribution in [0, 0.1) is 17.4 Å². The molecule has 1 aromatic rings. The minimum absolute atomic E-state index is 0. The van der Waals surface area contributed by atoms with Crippen LogP contribution in [0.1, 0.15) is 5.56 Å². The zero-order chi connectivity index (χ0) is 6.69. The first kappa shape index (κ1) is 9.61. The summed E-state index contributed by atoms with van der Waals surface area (Å²) in [5.74, 6) is 0. The predicted octanol–water partition coefficient (Wildman–Crippen LogP) is 0.938. The Hall–Kier alpha value is -0.386. The van der Waals surface area contributed by atoms with Crippen LogP contribution in [0.5, 0.6) is 0 Å². The molecule has 1 aromatic carbocycles. The minimum atomic E-state index is 0. The molecule has 44 valence electrons. The summed E-state index contributed by atoms with van der Waals surface area (Å²) in [6.45, 7) is 0. The molecule has 0 saturated heterocycles. The molecule has 0 aliphatic carbocycles. The van der Waals surface area contributed by atoms with E-state index in [0.717, 1.165) is 0 Å². The van der Waals surface area contributed by atoms with Crippen molar-refractivity contribution in [2.75, 3.05) is 5.73 Å². The maximum Gasteiger partial charge on any atom is 3.00 e. The Morgan fingerprint density at radius 3 is 2.70 bits per heavy atom. The van der Waals surface area contributed by atoms with E-state index in [1.807, 2.05) is 6.07 Å². The van der Waals surface area contributed by atoms with Gasteiger partial charge in [-0.05, 0) is 6.07 Å². The first-order valence-corrected chi connectivity index (χ1v) is 2.50. The molecule has 2 nitrogen and oxygen atoms in total. The average Bonchev–Trinajstić information content (AvgIpc) is 1.88. The Bertz CT molecular complexity index is 252. The molecule has 2 N–H and O–H groups in total. The quantitative estimate of drug-likeness (QED) is 0.507. The van der Waals surface area contributed by atoms with E-state index in [9.17, 15) is 0 Å². The Kier molecular flexibility index (Phi) is 4.26. The first-order chi connectivity index (χ1) is 4.33. The fraction of sp³-hybridized carbons (Fsp3) is 0. The Morgan fingerprint density at radius 1 is 1.60 bits per heavy atom. The van der Waals surface area contributed by atoms with Gasteiger partial charge in [0, 0.05) is 0 Å². The van der Waals surface area contributed by atoms with Crippen LogP contribution in [-0.4, -0.2) is 0 Å². The predicted molar refractivity (Wildman–Crippen MR) is 34.4 cm³/mol. The summed E-state index contributed by atoms with van der Waals surface area (Å²) in [5, 5.41) is 8.33. The number of nitriles is 1. The summed E-state index contributed by atoms with van der Waals surface area (Å²) >= 11 is 0. The fourth-order valence-electron chi connectivity index (χ4n) is 0.549. The van der Waals surface area contributed by atoms with Gasteiger partial charge in [0.25, 0.3) is 0 Å². The first-order valence-electron chi connectivity index (χ1n) is 2.50. The van der Waals surface area contributed by atoms with Crippen molar-refractivity contribution >= 4 is 5.69 Å². The van der Waals surface area contributed by atoms with E-state index in [-0.39, 0.29) is 32.7 Å². The molecule has 0 aliphatic rings. The van der Waals surface area contributed by atoms with E-state index >= 15 is 0 Å². The summed E-state index contributed by atoms with van der Waals surface area (Å²) in [6.07, 6.45) is 0. The standard InChI is InChI=1S/C7H5N2.Y/c8-5-6-2-1-3-7(9)4-6;/h1,3-4H,9H2;/q-1;+3. The number of hydrogen-bond acceptors (Lipinski definition) is 2. The van der Waals surface area contributed by atoms with Crippen molar-refractivity contribution in [3.8, 4) is 6.07 Å². The van der Waals surface area contributed by atoms with E-state index in [4.69, 9.17) is 11.0 Å². The largest absolute Gasteiger partial charge is 3.00 e. The van der Waals surface area contributed by atoms with Gasteiger partial charge < -0.3 is 5.73 Å². The van der Waals surface area contributed by atoms with Crippen molar-refractivity contribution in [1.82, 2.24) is 0 Å². The van der Waals surface area contributed by atoms with Crippen LogP contribution in [0.2, 0.25) is 0 Å². The Balaban J connectivity index is 0.000000810. The molecule has 0 aliphatic heterocycles. The SMILES string of the molecule is N#Cc1[c-]ccc(N)c1.[Y+3]. The zero-order valence-electron chi connectivity index (χ0n) is 5.33. The summed E-state index contributed by atoms with van der Waals surface area (Å²) < 4.78 is 0. The van der Waals surface area contributed by atoms with E-state index < -0.39 is 0 Å². The number of nitrogen functional groups attached to an aromatic ring is 1. The number of rotatable bonds is 0. The van der Waals surface area contributed by atoms with Gasteiger partial charge in [-0.25, -0.2) is 0 Å². The number of hydrogen-bond donors (Lipinski definition) is 1. The molecule has 0 fully saturated rings. The van der Waals surface area contributed by atoms with Crippen molar-refractivity contribution < 1.29 is 32.7 Å². The van der Waals surface area contributed by atoms with Crippen LogP contribution in [0.3, 0.4) is 0 Å². The molecule has 0 spiro atoms. The molecule has 3 heteroatoms. The third kappa shape index (κ3) is 2.47. The van der Waals surface area contributed by atoms with Crippen molar-refractivity contribution in [3.05, 3.63) is 29.8 Å². The van der Waals surface area contributed by atoms with Crippen molar-refractivity contribution in [3.63, 3.8) is 0 Å². The van der Waals surface area contributed by atoms with E-state index in [1.54, 1.807) is 18.2 Å². The zero-order valence-corrected chi connectivity index (χ0v) is 8.17. The maximum absolute atomic E-state index is 8.33.